The number of ether oxygens (including phenoxy) is 2. The number of methoxy groups -OCH3 is 1. The van der Waals surface area contributed by atoms with Gasteiger partial charge in [0.15, 0.2) is 11.5 Å². The fourth-order valence-corrected chi connectivity index (χ4v) is 3.13. The molecule has 2 aromatic carbocycles. The summed E-state index contributed by atoms with van der Waals surface area (Å²) in [5.74, 6) is -0.232. The Hall–Kier alpha value is -2.06. The van der Waals surface area contributed by atoms with Crippen LogP contribution in [-0.2, 0) is 10.0 Å². The van der Waals surface area contributed by atoms with E-state index in [0.717, 1.165) is 6.07 Å². The number of hydrogen-bond donors (Lipinski definition) is 1. The predicted octanol–water partition coefficient (Wildman–Crippen LogP) is 3.75. The van der Waals surface area contributed by atoms with E-state index in [1.165, 1.54) is 43.5 Å². The minimum Gasteiger partial charge on any atom is -0.493 e. The van der Waals surface area contributed by atoms with Crippen LogP contribution < -0.4 is 14.2 Å². The van der Waals surface area contributed by atoms with E-state index in [4.69, 9.17) is 16.3 Å². The summed E-state index contributed by atoms with van der Waals surface area (Å²) in [4.78, 5) is -0.0582. The highest BCUT2D eigenvalue weighted by atomic mass is 35.5. The second-order valence-electron chi connectivity index (χ2n) is 4.31. The maximum absolute atomic E-state index is 12.4. The molecule has 2 aromatic rings. The molecule has 0 fully saturated rings. The molecule has 0 aliphatic carbocycles. The van der Waals surface area contributed by atoms with E-state index in [-0.39, 0.29) is 27.1 Å². The van der Waals surface area contributed by atoms with Gasteiger partial charge in [0.2, 0.25) is 0 Å². The van der Waals surface area contributed by atoms with Gasteiger partial charge in [0.05, 0.1) is 17.7 Å². The van der Waals surface area contributed by atoms with Gasteiger partial charge in [0, 0.05) is 11.1 Å². The molecule has 0 bridgehead atoms. The Morgan fingerprint density at radius 3 is 2.48 bits per heavy atom. The van der Waals surface area contributed by atoms with Crippen molar-refractivity contribution in [1.82, 2.24) is 0 Å². The number of sulfonamides is 1. The topological polar surface area (TPSA) is 64.6 Å². The molecule has 0 aliphatic rings. The van der Waals surface area contributed by atoms with Gasteiger partial charge < -0.3 is 9.47 Å². The van der Waals surface area contributed by atoms with Crippen LogP contribution in [0.1, 0.15) is 0 Å². The Kier molecular flexibility index (Phi) is 5.27. The van der Waals surface area contributed by atoms with Crippen molar-refractivity contribution in [3.8, 4) is 11.5 Å². The average molecular weight is 364 g/mol. The molecule has 0 atom stereocenters. The van der Waals surface area contributed by atoms with Crippen LogP contribution in [0.3, 0.4) is 0 Å². The number of nitrogens with one attached hydrogen (secondary N) is 1. The molecule has 0 saturated carbocycles. The summed E-state index contributed by atoms with van der Waals surface area (Å²) in [5, 5.41) is 0.254. The Morgan fingerprint density at radius 2 is 1.87 bits per heavy atom. The van der Waals surface area contributed by atoms with Gasteiger partial charge >= 0.3 is 6.61 Å². The molecule has 0 heterocycles. The molecule has 0 unspecified atom stereocenters. The zero-order valence-electron chi connectivity index (χ0n) is 11.8. The number of halogens is 3. The van der Waals surface area contributed by atoms with Gasteiger partial charge in [-0.05, 0) is 30.3 Å². The molecule has 2 rings (SSSR count). The smallest absolute Gasteiger partial charge is 0.387 e. The third kappa shape index (κ3) is 4.46. The lowest BCUT2D eigenvalue weighted by Gasteiger charge is -2.13. The summed E-state index contributed by atoms with van der Waals surface area (Å²) in [7, 11) is -2.64. The van der Waals surface area contributed by atoms with Gasteiger partial charge in [-0.1, -0.05) is 17.7 Å². The third-order valence-electron chi connectivity index (χ3n) is 2.74. The van der Waals surface area contributed by atoms with E-state index in [2.05, 4.69) is 9.46 Å². The summed E-state index contributed by atoms with van der Waals surface area (Å²) >= 11 is 5.76. The quantitative estimate of drug-likeness (QED) is 0.849. The summed E-state index contributed by atoms with van der Waals surface area (Å²) < 4.78 is 60.7. The third-order valence-corrected chi connectivity index (χ3v) is 4.35. The second-order valence-corrected chi connectivity index (χ2v) is 6.43. The van der Waals surface area contributed by atoms with E-state index < -0.39 is 16.6 Å². The summed E-state index contributed by atoms with van der Waals surface area (Å²) in [6.45, 7) is -3.07. The summed E-state index contributed by atoms with van der Waals surface area (Å²) in [5.41, 5.74) is 0.0430. The minimum atomic E-state index is -3.92. The van der Waals surface area contributed by atoms with E-state index in [9.17, 15) is 17.2 Å². The lowest BCUT2D eigenvalue weighted by atomic mass is 10.3. The van der Waals surface area contributed by atoms with Crippen LogP contribution in [0.15, 0.2) is 47.4 Å². The van der Waals surface area contributed by atoms with Crippen molar-refractivity contribution in [1.29, 1.82) is 0 Å². The number of rotatable bonds is 6. The summed E-state index contributed by atoms with van der Waals surface area (Å²) in [6.07, 6.45) is 0. The molecular formula is C14H12ClF2NO4S. The van der Waals surface area contributed by atoms with Crippen molar-refractivity contribution >= 4 is 27.3 Å². The van der Waals surface area contributed by atoms with Crippen LogP contribution >= 0.6 is 11.6 Å². The standard InChI is InChI=1S/C14H12ClF2NO4S/c1-21-12-6-5-10(8-13(12)22-14(16)17)18-23(19,20)11-4-2-3-9(15)7-11/h2-8,14,18H,1H3. The average Bonchev–Trinajstić information content (AvgIpc) is 2.46. The molecule has 9 heteroatoms. The Labute approximate surface area is 136 Å². The molecule has 0 amide bonds. The minimum absolute atomic E-state index is 0.0430. The van der Waals surface area contributed by atoms with Gasteiger partial charge in [-0.25, -0.2) is 8.42 Å². The lowest BCUT2D eigenvalue weighted by molar-refractivity contribution is -0.0511. The summed E-state index contributed by atoms with van der Waals surface area (Å²) in [6, 6.07) is 9.41. The molecular weight excluding hydrogens is 352 g/mol. The van der Waals surface area contributed by atoms with E-state index in [0.29, 0.717) is 0 Å². The number of hydrogen-bond acceptors (Lipinski definition) is 4. The first-order chi connectivity index (χ1) is 10.8. The van der Waals surface area contributed by atoms with E-state index >= 15 is 0 Å². The Bertz CT molecular complexity index is 799. The molecule has 1 N–H and O–H groups in total. The van der Waals surface area contributed by atoms with Crippen molar-refractivity contribution in [2.75, 3.05) is 11.8 Å². The first-order valence-electron chi connectivity index (χ1n) is 6.23. The van der Waals surface area contributed by atoms with Crippen molar-refractivity contribution in [3.05, 3.63) is 47.5 Å². The van der Waals surface area contributed by atoms with Crippen LogP contribution in [0.25, 0.3) is 0 Å². The van der Waals surface area contributed by atoms with Gasteiger partial charge in [-0.2, -0.15) is 8.78 Å². The van der Waals surface area contributed by atoms with Crippen molar-refractivity contribution in [2.45, 2.75) is 11.5 Å². The number of anilines is 1. The van der Waals surface area contributed by atoms with Crippen LogP contribution in [0.2, 0.25) is 5.02 Å². The molecule has 23 heavy (non-hydrogen) atoms. The van der Waals surface area contributed by atoms with Crippen molar-refractivity contribution in [3.63, 3.8) is 0 Å². The molecule has 0 aromatic heterocycles. The van der Waals surface area contributed by atoms with E-state index in [1.54, 1.807) is 0 Å². The molecule has 124 valence electrons. The molecule has 0 spiro atoms. The SMILES string of the molecule is COc1ccc(NS(=O)(=O)c2cccc(Cl)c2)cc1OC(F)F. The first-order valence-corrected chi connectivity index (χ1v) is 8.09. The molecule has 0 aliphatic heterocycles. The highest BCUT2D eigenvalue weighted by Crippen LogP contribution is 2.32. The van der Waals surface area contributed by atoms with Gasteiger partial charge in [-0.3, -0.25) is 4.72 Å². The highest BCUT2D eigenvalue weighted by molar-refractivity contribution is 7.92. The van der Waals surface area contributed by atoms with Gasteiger partial charge in [0.25, 0.3) is 10.0 Å². The fraction of sp³-hybridized carbons (Fsp3) is 0.143. The first kappa shape index (κ1) is 17.3. The van der Waals surface area contributed by atoms with Crippen molar-refractivity contribution in [2.24, 2.45) is 0 Å². The highest BCUT2D eigenvalue weighted by Gasteiger charge is 2.17. The van der Waals surface area contributed by atoms with Crippen molar-refractivity contribution < 1.29 is 26.7 Å². The second kappa shape index (κ2) is 7.01. The fourth-order valence-electron chi connectivity index (χ4n) is 1.78. The Balaban J connectivity index is 2.32. The van der Waals surface area contributed by atoms with Crippen LogP contribution in [-0.4, -0.2) is 22.1 Å². The molecule has 0 saturated heterocycles. The number of alkyl halides is 2. The molecule has 5 nitrogen and oxygen atoms in total. The van der Waals surface area contributed by atoms with E-state index in [1.807, 2.05) is 0 Å². The maximum Gasteiger partial charge on any atom is 0.387 e. The largest absolute Gasteiger partial charge is 0.493 e. The van der Waals surface area contributed by atoms with Crippen LogP contribution in [0.4, 0.5) is 14.5 Å². The lowest BCUT2D eigenvalue weighted by Crippen LogP contribution is -2.13. The van der Waals surface area contributed by atoms with Gasteiger partial charge in [0.1, 0.15) is 0 Å². The Morgan fingerprint density at radius 1 is 1.13 bits per heavy atom. The zero-order chi connectivity index (χ0) is 17.0. The van der Waals surface area contributed by atoms with Crippen LogP contribution in [0.5, 0.6) is 11.5 Å². The van der Waals surface area contributed by atoms with Gasteiger partial charge in [-0.15, -0.1) is 0 Å². The monoisotopic (exact) mass is 363 g/mol. The van der Waals surface area contributed by atoms with Crippen LogP contribution in [0, 0.1) is 0 Å². The predicted molar refractivity (Wildman–Crippen MR) is 81.9 cm³/mol. The zero-order valence-corrected chi connectivity index (χ0v) is 13.4. The maximum atomic E-state index is 12.4. The normalized spacial score (nSPS) is 11.3. The number of benzene rings is 2. The molecule has 0 radical (unpaired) electrons.